The number of piperidine rings is 1. The van der Waals surface area contributed by atoms with Gasteiger partial charge in [-0.3, -0.25) is 24.3 Å². The van der Waals surface area contributed by atoms with E-state index in [2.05, 4.69) is 43.0 Å². The number of anilines is 4. The zero-order valence-electron chi connectivity index (χ0n) is 44.4. The number of phosphoric acid groups is 1. The largest absolute Gasteiger partial charge is 0.491 e. The van der Waals surface area contributed by atoms with E-state index in [1.807, 2.05) is 49.1 Å². The number of ether oxygens (including phenoxy) is 5. The van der Waals surface area contributed by atoms with Crippen molar-refractivity contribution in [3.63, 3.8) is 0 Å². The molecule has 3 aromatic carbocycles. The Kier molecular flexibility index (Phi) is 14.1. The van der Waals surface area contributed by atoms with Gasteiger partial charge >= 0.3 is 7.82 Å². The summed E-state index contributed by atoms with van der Waals surface area (Å²) < 4.78 is 78.7. The van der Waals surface area contributed by atoms with E-state index >= 15 is 0 Å². The Labute approximate surface area is 457 Å². The molecule has 3 saturated heterocycles. The molecule has 4 atom stereocenters. The van der Waals surface area contributed by atoms with Crippen molar-refractivity contribution in [2.75, 3.05) is 67.8 Å². The van der Waals surface area contributed by atoms with Gasteiger partial charge in [0, 0.05) is 67.2 Å². The molecular weight excluding hydrogens is 1060 g/mol. The number of H-pyrrole nitrogens is 1. The normalized spacial score (nSPS) is 26.2. The number of nitro groups is 1. The van der Waals surface area contributed by atoms with Crippen LogP contribution in [0.1, 0.15) is 101 Å². The van der Waals surface area contributed by atoms with Gasteiger partial charge in [0.1, 0.15) is 29.8 Å². The Balaban J connectivity index is 0.810. The number of morpholine rings is 1. The van der Waals surface area contributed by atoms with Crippen LogP contribution in [0.2, 0.25) is 0 Å². The Morgan fingerprint density at radius 1 is 0.949 bits per heavy atom. The number of nitro benzene ring substituents is 1. The van der Waals surface area contributed by atoms with E-state index in [-0.39, 0.29) is 59.7 Å². The number of rotatable bonds is 13. The summed E-state index contributed by atoms with van der Waals surface area (Å²) in [6.45, 7) is 10.2. The number of nitrogens with one attached hydrogen (secondary N) is 3. The summed E-state index contributed by atoms with van der Waals surface area (Å²) in [7, 11) is -9.52. The summed E-state index contributed by atoms with van der Waals surface area (Å²) in [5, 5.41) is 16.7. The molecule has 2 aliphatic carbocycles. The van der Waals surface area contributed by atoms with Crippen LogP contribution >= 0.6 is 7.82 Å². The molecule has 5 aliphatic heterocycles. The Hall–Kier alpha value is -6.04. The molecule has 12 rings (SSSR count). The third-order valence-electron chi connectivity index (χ3n) is 17.4. The number of hydrogen-bond donors (Lipinski definition) is 5. The van der Waals surface area contributed by atoms with E-state index in [0.717, 1.165) is 73.8 Å². The first kappa shape index (κ1) is 53.6. The van der Waals surface area contributed by atoms with Crippen LogP contribution in [0.5, 0.6) is 17.4 Å². The van der Waals surface area contributed by atoms with Crippen molar-refractivity contribution in [1.29, 1.82) is 0 Å². The van der Waals surface area contributed by atoms with E-state index in [1.54, 1.807) is 19.2 Å². The predicted molar refractivity (Wildman–Crippen MR) is 292 cm³/mol. The second-order valence-electron chi connectivity index (χ2n) is 22.9. The maximum Gasteiger partial charge on any atom is 0.470 e. The second-order valence-corrected chi connectivity index (χ2v) is 25.8. The van der Waals surface area contributed by atoms with Crippen molar-refractivity contribution in [2.45, 2.75) is 125 Å². The highest BCUT2D eigenvalue weighted by Crippen LogP contribution is 2.55. The topological polar surface area (TPSA) is 270 Å². The number of para-hydroxylation sites is 1. The van der Waals surface area contributed by atoms with Gasteiger partial charge < -0.3 is 53.6 Å². The van der Waals surface area contributed by atoms with Crippen molar-refractivity contribution in [3.05, 3.63) is 94.2 Å². The molecule has 79 heavy (non-hydrogen) atoms. The molecule has 5 fully saturated rings. The highest BCUT2D eigenvalue weighted by atomic mass is 32.2. The molecule has 0 radical (unpaired) electrons. The highest BCUT2D eigenvalue weighted by molar-refractivity contribution is 7.90. The lowest BCUT2D eigenvalue weighted by Gasteiger charge is -2.57. The summed E-state index contributed by atoms with van der Waals surface area (Å²) in [6, 6.07) is 19.5. The minimum atomic E-state index is -4.79. The zero-order chi connectivity index (χ0) is 55.0. The van der Waals surface area contributed by atoms with Gasteiger partial charge in [-0.05, 0) is 126 Å². The molecule has 24 heteroatoms. The SMILES string of the molecule is CC(C)Oc1ccccc1[C@@H]1COCCN1C1CC2(CCN(c3ccc(C(=O)NS(=O)(=O)c4cc5c(c([N+](=O)[O-])c4)N[C@@H](C4CCC(C)(OP(=O)(O)O)CC4)CO5)c(N4c5cc6cc[nH]c6nc5O[C@H]5COCC[C@@H]54)c3)CC2)C1. The fraction of sp³-hybridized carbons (Fsp3) is 0.527. The van der Waals surface area contributed by atoms with Crippen molar-refractivity contribution >= 4 is 63.2 Å². The molecule has 2 aromatic heterocycles. The molecule has 22 nitrogen and oxygen atoms in total. The lowest BCUT2D eigenvalue weighted by molar-refractivity contribution is -0.384. The van der Waals surface area contributed by atoms with Crippen LogP contribution in [0, 0.1) is 21.4 Å². The van der Waals surface area contributed by atoms with E-state index in [0.29, 0.717) is 80.9 Å². The van der Waals surface area contributed by atoms with Crippen LogP contribution in [-0.2, 0) is 28.6 Å². The van der Waals surface area contributed by atoms with Gasteiger partial charge in [0.05, 0.1) is 70.7 Å². The third kappa shape index (κ3) is 10.6. The van der Waals surface area contributed by atoms with Gasteiger partial charge in [0.2, 0.25) is 5.88 Å². The lowest BCUT2D eigenvalue weighted by Crippen LogP contribution is -2.57. The first-order valence-electron chi connectivity index (χ1n) is 27.4. The average molecular weight is 1130 g/mol. The maximum atomic E-state index is 14.9. The molecule has 1 amide bonds. The predicted octanol–water partition coefficient (Wildman–Crippen LogP) is 8.12. The number of benzene rings is 3. The van der Waals surface area contributed by atoms with Crippen molar-refractivity contribution in [2.24, 2.45) is 11.3 Å². The summed E-state index contributed by atoms with van der Waals surface area (Å²) >= 11 is 0. The van der Waals surface area contributed by atoms with Crippen LogP contribution in [0.4, 0.5) is 28.4 Å². The lowest BCUT2D eigenvalue weighted by atomic mass is 9.59. The van der Waals surface area contributed by atoms with E-state index < -0.39 is 57.0 Å². The number of carbonyl (C=O) groups is 1. The molecular formula is C55H67N8O14PS. The first-order valence-corrected chi connectivity index (χ1v) is 30.4. The minimum absolute atomic E-state index is 0.00735. The number of sulfonamides is 1. The van der Waals surface area contributed by atoms with Crippen LogP contribution in [0.25, 0.3) is 11.0 Å². The Morgan fingerprint density at radius 2 is 1.72 bits per heavy atom. The fourth-order valence-corrected chi connectivity index (χ4v) is 15.1. The summed E-state index contributed by atoms with van der Waals surface area (Å²) in [5.74, 6) is 0.118. The monoisotopic (exact) mass is 1130 g/mol. The van der Waals surface area contributed by atoms with Crippen LogP contribution in [0.15, 0.2) is 77.8 Å². The number of phosphoric ester groups is 1. The third-order valence-corrected chi connectivity index (χ3v) is 19.4. The molecule has 5 N–H and O–H groups in total. The summed E-state index contributed by atoms with van der Waals surface area (Å²) in [5.41, 5.74) is 2.32. The van der Waals surface area contributed by atoms with Crippen LogP contribution in [-0.4, -0.2) is 133 Å². The standard InChI is InChI=1S/C55H67N8O14PS/c1-33(2)75-47-7-5-4-6-39(47)46-31-73-23-21-61(46)37-28-55(29-37)16-19-60(20-17-55)36-8-9-40(43(25-36)62-42-13-22-72-32-49(42)76-53-45(62)24-35-12-18-56-51(35)58-53)52(64)59-79(70,71)38-26-44(63(65)66)50-48(27-38)74-30-41(57-50)34-10-14-54(3,15-11-34)77-78(67,68)69/h4-9,12,18,24-27,33-34,37,41-42,46,49,57H,10-11,13-17,19-23,28-32H2,1-3H3,(H,56,58)(H,59,64)(H2,67,68,69)/t34?,41-,42+,46+,49+,54?/m1/s1. The molecule has 0 unspecified atom stereocenters. The van der Waals surface area contributed by atoms with Gasteiger partial charge in [0.15, 0.2) is 11.4 Å². The number of aromatic amines is 1. The van der Waals surface area contributed by atoms with Gasteiger partial charge in [-0.25, -0.2) is 17.7 Å². The maximum absolute atomic E-state index is 14.9. The van der Waals surface area contributed by atoms with Gasteiger partial charge in [0.25, 0.3) is 21.6 Å². The summed E-state index contributed by atoms with van der Waals surface area (Å²) in [6.07, 6.45) is 7.66. The number of amides is 1. The van der Waals surface area contributed by atoms with E-state index in [9.17, 15) is 37.7 Å². The van der Waals surface area contributed by atoms with Crippen molar-refractivity contribution < 1.29 is 60.7 Å². The quantitative estimate of drug-likeness (QED) is 0.0423. The fourth-order valence-electron chi connectivity index (χ4n) is 13.4. The Bertz CT molecular complexity index is 3310. The van der Waals surface area contributed by atoms with Gasteiger partial charge in [-0.15, -0.1) is 0 Å². The number of aromatic nitrogens is 2. The van der Waals surface area contributed by atoms with Crippen LogP contribution in [0.3, 0.4) is 0 Å². The number of nitrogens with zero attached hydrogens (tertiary/aromatic N) is 5. The van der Waals surface area contributed by atoms with Crippen molar-refractivity contribution in [1.82, 2.24) is 19.6 Å². The minimum Gasteiger partial charge on any atom is -0.491 e. The molecule has 5 aromatic rings. The molecule has 1 spiro atoms. The smallest absolute Gasteiger partial charge is 0.470 e. The van der Waals surface area contributed by atoms with Gasteiger partial charge in [-0.1, -0.05) is 18.2 Å². The number of fused-ring (bicyclic) bond motifs is 4. The number of pyridine rings is 1. The second kappa shape index (κ2) is 20.8. The zero-order valence-corrected chi connectivity index (χ0v) is 46.1. The molecule has 0 bridgehead atoms. The van der Waals surface area contributed by atoms with E-state index in [1.165, 1.54) is 6.07 Å². The summed E-state index contributed by atoms with van der Waals surface area (Å²) in [4.78, 5) is 60.2. The van der Waals surface area contributed by atoms with Crippen LogP contribution < -0.4 is 34.0 Å². The number of hydrogen-bond acceptors (Lipinski definition) is 17. The molecule has 422 valence electrons. The first-order chi connectivity index (χ1) is 37.8. The average Bonchev–Trinajstić information content (AvgIpc) is 4.08. The number of carbonyl (C=O) groups excluding carboxylic acids is 1. The Morgan fingerprint density at radius 3 is 2.48 bits per heavy atom. The van der Waals surface area contributed by atoms with Gasteiger partial charge in [-0.2, -0.15) is 4.98 Å². The van der Waals surface area contributed by atoms with E-state index in [4.69, 9.17) is 33.2 Å². The van der Waals surface area contributed by atoms with Crippen molar-refractivity contribution in [3.8, 4) is 17.4 Å². The molecule has 7 aliphatic rings. The highest BCUT2D eigenvalue weighted by Gasteiger charge is 2.50. The molecule has 7 heterocycles. The molecule has 2 saturated carbocycles.